The van der Waals surface area contributed by atoms with Crippen LogP contribution in [0, 0.1) is 0 Å². The number of aromatic nitrogens is 8. The van der Waals surface area contributed by atoms with E-state index < -0.39 is 0 Å². The second kappa shape index (κ2) is 44.4. The number of quaternary nitrogens is 8. The van der Waals surface area contributed by atoms with Gasteiger partial charge in [-0.15, -0.1) is 94.1 Å². The van der Waals surface area contributed by atoms with Crippen LogP contribution in [0.25, 0.3) is 89.7 Å². The molecular weight excluding hydrogens is 1730 g/mol. The average molecular weight is 1880 g/mol. The zero-order chi connectivity index (χ0) is 81.5. The van der Waals surface area contributed by atoms with Crippen molar-refractivity contribution in [1.29, 1.82) is 0 Å². The minimum absolute atomic E-state index is 0. The quantitative estimate of drug-likeness (QED) is 0.0163. The maximum atomic E-state index is 5.92. The van der Waals surface area contributed by atoms with Crippen LogP contribution in [0.1, 0.15) is 111 Å². The Morgan fingerprint density at radius 3 is 0.482 bits per heavy atom. The fraction of sp³-hybridized carbons (Fsp3) is 0.636. The summed E-state index contributed by atoms with van der Waals surface area (Å²) in [4.78, 5) is 53.5. The van der Waals surface area contributed by atoms with E-state index in [2.05, 4.69) is 226 Å². The van der Waals surface area contributed by atoms with Gasteiger partial charge in [0.2, 0.25) is 0 Å². The number of aromatic amines is 2. The van der Waals surface area contributed by atoms with Crippen LogP contribution < -0.4 is 24.0 Å². The van der Waals surface area contributed by atoms with Gasteiger partial charge in [-0.3, -0.25) is 0 Å². The van der Waals surface area contributed by atoms with E-state index in [1.165, 1.54) is 39.2 Å². The van der Waals surface area contributed by atoms with Crippen LogP contribution in [0.3, 0.4) is 0 Å². The minimum atomic E-state index is 0. The topological polar surface area (TPSA) is 109 Å². The number of rotatable bonds is 48. The number of hydrogen-bond acceptors (Lipinski definition) is 14. The fourth-order valence-corrected chi connectivity index (χ4v) is 24.7. The van der Waals surface area contributed by atoms with Crippen molar-refractivity contribution in [1.82, 2.24) is 39.9 Å². The molecule has 0 fully saturated rings. The first-order chi connectivity index (χ1) is 53.5. The van der Waals surface area contributed by atoms with Gasteiger partial charge in [-0.2, -0.15) is 0 Å². The van der Waals surface area contributed by atoms with Gasteiger partial charge in [-0.05, 0) is 159 Å². The summed E-state index contributed by atoms with van der Waals surface area (Å²) in [5, 5.41) is 4.10. The van der Waals surface area contributed by atoms with E-state index >= 15 is 0 Å². The third kappa shape index (κ3) is 24.7. The first-order valence-electron chi connectivity index (χ1n) is 42.7. The molecule has 8 bridgehead atoms. The number of nitrogens with zero attached hydrogens (tertiary/aromatic N) is 14. The molecule has 2 aliphatic heterocycles. The molecule has 628 valence electrons. The largest absolute Gasteiger partial charge is 1.00 e. The molecule has 5 heterocycles. The second-order valence-corrected chi connectivity index (χ2v) is 42.7. The average Bonchev–Trinajstić information content (AvgIpc) is 1.59. The number of thioether (sulfide) groups is 8. The van der Waals surface area contributed by atoms with Crippen molar-refractivity contribution >= 4 is 138 Å². The molecule has 2 N–H and O–H groups in total. The molecule has 0 aliphatic carbocycles. The monoisotopic (exact) mass is 1870 g/mol. The number of fused-ring (bicyclic) bond motifs is 20. The van der Waals surface area contributed by atoms with Crippen LogP contribution in [0.4, 0.5) is 0 Å². The Kier molecular flexibility index (Phi) is 38.6. The van der Waals surface area contributed by atoms with Gasteiger partial charge in [0.25, 0.3) is 0 Å². The van der Waals surface area contributed by atoms with Crippen LogP contribution >= 0.6 is 94.1 Å². The molecule has 0 radical (unpaired) electrons. The second-order valence-electron chi connectivity index (χ2n) is 33.6. The molecule has 7 aromatic rings. The maximum Gasteiger partial charge on any atom is 0.164 e. The predicted octanol–water partition coefficient (Wildman–Crippen LogP) is 16.5. The van der Waals surface area contributed by atoms with Crippen molar-refractivity contribution in [2.24, 2.45) is 0 Å². The molecule has 0 spiro atoms. The predicted molar refractivity (Wildman–Crippen MR) is 499 cm³/mol. The van der Waals surface area contributed by atoms with Gasteiger partial charge in [0, 0.05) is 148 Å². The maximum absolute atomic E-state index is 5.92. The van der Waals surface area contributed by atoms with Crippen molar-refractivity contribution in [2.45, 2.75) is 150 Å². The van der Waals surface area contributed by atoms with E-state index in [-0.39, 0.29) is 43.5 Å². The molecule has 114 heavy (non-hydrogen) atoms. The van der Waals surface area contributed by atoms with Crippen molar-refractivity contribution in [2.75, 3.05) is 259 Å². The summed E-state index contributed by atoms with van der Waals surface area (Å²) in [6.45, 7) is 63.5. The summed E-state index contributed by atoms with van der Waals surface area (Å²) < 4.78 is 8.22. The molecule has 4 aromatic carbocycles. The number of nitrogens with one attached hydrogen (secondary N) is 2. The minimum Gasteiger partial charge on any atom is -1.00 e. The molecule has 0 saturated carbocycles. The van der Waals surface area contributed by atoms with Crippen LogP contribution in [-0.2, 0) is 19.5 Å². The van der Waals surface area contributed by atoms with Gasteiger partial charge in [0.15, 0.2) is 23.3 Å². The number of benzene rings is 4. The third-order valence-electron chi connectivity index (χ3n) is 27.4. The molecule has 26 heteroatoms. The van der Waals surface area contributed by atoms with Crippen molar-refractivity contribution in [3.8, 4) is 45.6 Å². The van der Waals surface area contributed by atoms with Gasteiger partial charge in [-0.25, -0.2) is 29.9 Å². The van der Waals surface area contributed by atoms with E-state index in [1.54, 1.807) is 0 Å². The Morgan fingerprint density at radius 2 is 0.351 bits per heavy atom. The molecule has 0 amide bonds. The molecule has 9 rings (SSSR count). The standard InChI is InChI=1S/C88H146N16S8.HI.Zn/c1-25-97(17,26-2)41-49-105-73-57-65-66(58-74(73)106-50-42-98(18,27-3)28-4)82-89-81(65)93-83-67-59-75(107-51-43-99(19,29-5)30-6)76(108-52-44-100(20,31-7)32-8)60-68(67)85(90-83)95-87-71-63-79(111-55-47-103(23,37-13)38-14)80(112-56-48-104(24,39-15)40-16)64-72(71)88(92-87)96-86-70-62-78(110-54-46-102(22,35-11)36-12)77(61-69(70)84(91-86)94-82)109-53-45-101(21,33-9)34-10;;/h57-64H,25-56H2,1-24H3,(H2,89,90,91,92,93,94,95,96);1H;/q+8;;/p-1. The van der Waals surface area contributed by atoms with E-state index in [4.69, 9.17) is 29.9 Å². The summed E-state index contributed by atoms with van der Waals surface area (Å²) in [6.07, 6.45) is 0. The van der Waals surface area contributed by atoms with Gasteiger partial charge < -0.3 is 69.8 Å². The summed E-state index contributed by atoms with van der Waals surface area (Å²) in [7, 11) is 19.3. The zero-order valence-electron chi connectivity index (χ0n) is 74.9. The van der Waals surface area contributed by atoms with Gasteiger partial charge in [-0.1, -0.05) is 0 Å². The summed E-state index contributed by atoms with van der Waals surface area (Å²) in [5.41, 5.74) is 6.95. The Balaban J connectivity index is 0.00000900. The van der Waals surface area contributed by atoms with Crippen LogP contribution in [-0.4, -0.2) is 335 Å². The first kappa shape index (κ1) is 99.2. The molecule has 0 saturated heterocycles. The molecule has 16 nitrogen and oxygen atoms in total. The van der Waals surface area contributed by atoms with Crippen molar-refractivity contribution in [3.05, 3.63) is 48.5 Å². The Bertz CT molecular complexity index is 3900. The Labute approximate surface area is 753 Å². The number of H-pyrrole nitrogens is 2. The van der Waals surface area contributed by atoms with Crippen molar-refractivity contribution in [3.63, 3.8) is 0 Å². The number of hydrogen-bond donors (Lipinski definition) is 2. The third-order valence-corrected chi connectivity index (χ3v) is 36.2. The van der Waals surface area contributed by atoms with E-state index in [1.807, 2.05) is 94.1 Å². The van der Waals surface area contributed by atoms with Crippen LogP contribution in [0.15, 0.2) is 87.7 Å². The molecule has 3 aromatic heterocycles. The van der Waals surface area contributed by atoms with E-state index in [0.717, 1.165) is 305 Å². The van der Waals surface area contributed by atoms with E-state index in [0.29, 0.717) is 23.3 Å². The number of halogens is 1. The smallest absolute Gasteiger partial charge is 0.164 e. The van der Waals surface area contributed by atoms with Gasteiger partial charge in [0.05, 0.1) is 213 Å². The normalized spacial score (nSPS) is 13.1. The molecular formula is C88H146IN16S8Zn+7. The first-order valence-corrected chi connectivity index (χ1v) is 50.6. The van der Waals surface area contributed by atoms with Gasteiger partial charge in [0.1, 0.15) is 22.6 Å². The fourth-order valence-electron chi connectivity index (χ4n) is 14.0. The summed E-state index contributed by atoms with van der Waals surface area (Å²) >= 11 is 16.0. The zero-order valence-corrected chi connectivity index (χ0v) is 86.5. The summed E-state index contributed by atoms with van der Waals surface area (Å²) in [5.74, 6) is 10.6. The van der Waals surface area contributed by atoms with Crippen molar-refractivity contribution < 1.29 is 79.3 Å². The molecule has 0 atom stereocenters. The van der Waals surface area contributed by atoms with Crippen LogP contribution in [0.2, 0.25) is 0 Å². The SMILES string of the molecule is CC[N+](C)(CC)CCSc1cc2c(cc1SCC[N+](C)(CC)CC)-c1nc-2nc2[nH]c(nc3nc(nc4[nH]c(n1)c1cc(SCC[N+](C)(CC)CC)c(SCC[N+](C)(CC)CC)cc41)-c1cc(SCC[N+](C)(CC)CC)c(SCC[N+](C)(CC)CC)cc1-3)c1cc(SCC[N+](C)(CC)CC)c(SCC[N+](C)(CC)CC)cc21.[I-].[Zn]. The Morgan fingerprint density at radius 1 is 0.219 bits per heavy atom. The Hall–Kier alpha value is -1.93. The molecule has 2 aliphatic rings. The summed E-state index contributed by atoms with van der Waals surface area (Å²) in [6, 6.07) is 19.5. The van der Waals surface area contributed by atoms with Crippen LogP contribution in [0.5, 0.6) is 0 Å². The van der Waals surface area contributed by atoms with E-state index in [9.17, 15) is 0 Å². The molecule has 0 unspecified atom stereocenters. The van der Waals surface area contributed by atoms with Gasteiger partial charge >= 0.3 is 0 Å².